The number of aliphatic hydroxyl groups is 1. The molecular weight excluding hydrogens is 721 g/mol. The van der Waals surface area contributed by atoms with Gasteiger partial charge in [0, 0.05) is 12.8 Å². The Morgan fingerprint density at radius 1 is 0.600 bits per heavy atom. The number of amides is 1. The summed E-state index contributed by atoms with van der Waals surface area (Å²) in [6.45, 7) is 2.41. The monoisotopic (exact) mass is 796 g/mol. The Hall–Kier alpha value is -2.82. The Kier molecular flexibility index (Phi) is 36.1. The summed E-state index contributed by atoms with van der Waals surface area (Å²) >= 11 is 0. The van der Waals surface area contributed by atoms with Gasteiger partial charge in [-0.1, -0.05) is 132 Å². The van der Waals surface area contributed by atoms with Gasteiger partial charge in [-0.25, -0.2) is 9.36 Å². The van der Waals surface area contributed by atoms with Crippen molar-refractivity contribution in [2.45, 2.75) is 174 Å². The van der Waals surface area contributed by atoms with E-state index in [0.717, 1.165) is 83.5 Å². The highest BCUT2D eigenvalue weighted by molar-refractivity contribution is 7.47. The summed E-state index contributed by atoms with van der Waals surface area (Å²) in [5.74, 6) is -2.42. The first-order valence-electron chi connectivity index (χ1n) is 20.8. The average molecular weight is 796 g/mol. The largest absolute Gasteiger partial charge is 0.480 e. The highest BCUT2D eigenvalue weighted by atomic mass is 31.2. The second-order valence-electron chi connectivity index (χ2n) is 13.8. The van der Waals surface area contributed by atoms with Crippen LogP contribution in [0, 0.1) is 0 Å². The van der Waals surface area contributed by atoms with Crippen LogP contribution in [0.5, 0.6) is 0 Å². The second-order valence-corrected chi connectivity index (χ2v) is 15.2. The molecule has 3 atom stereocenters. The van der Waals surface area contributed by atoms with Crippen LogP contribution in [0.2, 0.25) is 0 Å². The van der Waals surface area contributed by atoms with Crippen molar-refractivity contribution in [1.82, 2.24) is 5.32 Å². The number of carbonyl (C=O) groups is 3. The van der Waals surface area contributed by atoms with Crippen molar-refractivity contribution in [2.75, 3.05) is 19.8 Å². The van der Waals surface area contributed by atoms with Gasteiger partial charge >= 0.3 is 19.8 Å². The molecule has 12 heteroatoms. The summed E-state index contributed by atoms with van der Waals surface area (Å²) in [6.07, 6.45) is 42.5. The molecule has 0 aliphatic rings. The molecule has 11 nitrogen and oxygen atoms in total. The van der Waals surface area contributed by atoms with Crippen LogP contribution in [-0.4, -0.2) is 64.9 Å². The number of phosphoric ester groups is 1. The maximum atomic E-state index is 12.3. The third kappa shape index (κ3) is 37.9. The minimum absolute atomic E-state index is 0.132. The van der Waals surface area contributed by atoms with Gasteiger partial charge in [-0.2, -0.15) is 0 Å². The van der Waals surface area contributed by atoms with Crippen molar-refractivity contribution < 1.29 is 47.8 Å². The molecule has 0 radical (unpaired) electrons. The van der Waals surface area contributed by atoms with Crippen LogP contribution in [-0.2, 0) is 32.7 Å². The number of rotatable bonds is 38. The Bertz CT molecular complexity index is 1170. The molecule has 0 aromatic heterocycles. The quantitative estimate of drug-likeness (QED) is 0.0204. The number of carbonyl (C=O) groups excluding carboxylic acids is 2. The van der Waals surface area contributed by atoms with E-state index in [9.17, 15) is 34.1 Å². The highest BCUT2D eigenvalue weighted by Crippen LogP contribution is 2.43. The molecule has 1 amide bonds. The Labute approximate surface area is 332 Å². The fourth-order valence-corrected chi connectivity index (χ4v) is 6.07. The lowest BCUT2D eigenvalue weighted by molar-refractivity contribution is -0.147. The molecule has 0 fully saturated rings. The van der Waals surface area contributed by atoms with Crippen molar-refractivity contribution in [3.63, 3.8) is 0 Å². The molecule has 55 heavy (non-hydrogen) atoms. The molecule has 0 aliphatic heterocycles. The van der Waals surface area contributed by atoms with Crippen LogP contribution >= 0.6 is 7.82 Å². The van der Waals surface area contributed by atoms with Crippen LogP contribution in [0.25, 0.3) is 0 Å². The van der Waals surface area contributed by atoms with Crippen molar-refractivity contribution >= 4 is 25.7 Å². The number of carboxylic acids is 1. The molecule has 0 bridgehead atoms. The Morgan fingerprint density at radius 2 is 1.05 bits per heavy atom. The molecule has 3 unspecified atom stereocenters. The lowest BCUT2D eigenvalue weighted by atomic mass is 10.1. The standard InChI is InChI=1S/C43H74NO10P/c1-3-5-7-9-11-13-15-17-18-19-20-21-23-24-26-28-30-32-34-41(46)44-40(43(48)49)38-54-55(50,51)53-37-39(45)36-52-42(47)35-33-31-29-27-25-22-16-14-12-10-8-6-4-2/h6,8,12-15,18-19,22,25,39-40,45H,3-5,7,9-11,16-17,20-21,23-24,26-38H2,1-2H3,(H,44,46)(H,48,49)(H,50,51)/b8-6-,14-12-,15-13-,19-18-,25-22-. The molecule has 316 valence electrons. The minimum Gasteiger partial charge on any atom is -0.480 e. The van der Waals surface area contributed by atoms with Gasteiger partial charge in [0.1, 0.15) is 12.7 Å². The Balaban J connectivity index is 3.98. The van der Waals surface area contributed by atoms with E-state index in [1.54, 1.807) is 0 Å². The lowest BCUT2D eigenvalue weighted by Gasteiger charge is -2.18. The van der Waals surface area contributed by atoms with E-state index in [1.807, 2.05) is 0 Å². The number of aliphatic carboxylic acids is 1. The number of ether oxygens (including phenoxy) is 1. The van der Waals surface area contributed by atoms with Gasteiger partial charge < -0.3 is 25.2 Å². The van der Waals surface area contributed by atoms with Gasteiger partial charge in [-0.3, -0.25) is 18.6 Å². The normalized spacial score (nSPS) is 14.4. The summed E-state index contributed by atoms with van der Waals surface area (Å²) < 4.78 is 26.7. The van der Waals surface area contributed by atoms with E-state index in [4.69, 9.17) is 13.8 Å². The van der Waals surface area contributed by atoms with E-state index >= 15 is 0 Å². The minimum atomic E-state index is -4.76. The first-order chi connectivity index (χ1) is 26.6. The summed E-state index contributed by atoms with van der Waals surface area (Å²) in [5.41, 5.74) is 0. The number of esters is 1. The number of aliphatic hydroxyl groups excluding tert-OH is 1. The number of nitrogens with one attached hydrogen (secondary N) is 1. The molecule has 0 saturated carbocycles. The number of hydrogen-bond acceptors (Lipinski definition) is 8. The molecule has 0 aromatic rings. The summed E-state index contributed by atoms with van der Waals surface area (Å²) in [6, 6.07) is -1.56. The predicted octanol–water partition coefficient (Wildman–Crippen LogP) is 10.4. The van der Waals surface area contributed by atoms with Crippen LogP contribution < -0.4 is 5.32 Å². The van der Waals surface area contributed by atoms with E-state index < -0.39 is 57.6 Å². The van der Waals surface area contributed by atoms with E-state index in [0.29, 0.717) is 12.8 Å². The van der Waals surface area contributed by atoms with Crippen molar-refractivity contribution in [1.29, 1.82) is 0 Å². The number of allylic oxidation sites excluding steroid dienone is 10. The van der Waals surface area contributed by atoms with Gasteiger partial charge in [0.15, 0.2) is 6.04 Å². The number of carboxylic acid groups (broad SMARTS) is 1. The maximum absolute atomic E-state index is 12.3. The van der Waals surface area contributed by atoms with Crippen LogP contribution in [0.15, 0.2) is 60.8 Å². The molecular formula is C43H74NO10P. The molecule has 0 aliphatic carbocycles. The SMILES string of the molecule is CC/C=C\C/C=C\C/C=C\CCCCCC(=O)OCC(O)COP(=O)(O)OCC(NC(=O)CCCCCCCCC/C=C\C/C=C\CCCCCC)C(=O)O. The zero-order valence-corrected chi connectivity index (χ0v) is 34.9. The van der Waals surface area contributed by atoms with Crippen molar-refractivity contribution in [3.8, 4) is 0 Å². The van der Waals surface area contributed by atoms with Gasteiger partial charge in [0.25, 0.3) is 0 Å². The third-order valence-electron chi connectivity index (χ3n) is 8.54. The molecule has 4 N–H and O–H groups in total. The van der Waals surface area contributed by atoms with Gasteiger partial charge in [0.05, 0.1) is 13.2 Å². The highest BCUT2D eigenvalue weighted by Gasteiger charge is 2.28. The summed E-state index contributed by atoms with van der Waals surface area (Å²) in [4.78, 5) is 45.8. The maximum Gasteiger partial charge on any atom is 0.472 e. The molecule has 0 heterocycles. The molecule has 0 spiro atoms. The predicted molar refractivity (Wildman–Crippen MR) is 222 cm³/mol. The van der Waals surface area contributed by atoms with Crippen molar-refractivity contribution in [2.24, 2.45) is 0 Å². The second kappa shape index (κ2) is 38.1. The third-order valence-corrected chi connectivity index (χ3v) is 9.49. The van der Waals surface area contributed by atoms with Crippen LogP contribution in [0.4, 0.5) is 0 Å². The molecule has 0 aromatic carbocycles. The van der Waals surface area contributed by atoms with Gasteiger partial charge in [-0.05, 0) is 77.0 Å². The fourth-order valence-electron chi connectivity index (χ4n) is 5.30. The molecule has 0 saturated heterocycles. The van der Waals surface area contributed by atoms with Crippen molar-refractivity contribution in [3.05, 3.63) is 60.8 Å². The summed E-state index contributed by atoms with van der Waals surface area (Å²) in [7, 11) is -4.76. The number of hydrogen-bond donors (Lipinski definition) is 4. The number of unbranched alkanes of at least 4 members (excludes halogenated alkanes) is 14. The van der Waals surface area contributed by atoms with E-state index in [2.05, 4.69) is 79.9 Å². The van der Waals surface area contributed by atoms with Crippen LogP contribution in [0.3, 0.4) is 0 Å². The van der Waals surface area contributed by atoms with Gasteiger partial charge in [-0.15, -0.1) is 0 Å². The zero-order valence-electron chi connectivity index (χ0n) is 34.0. The average Bonchev–Trinajstić information content (AvgIpc) is 3.16. The van der Waals surface area contributed by atoms with E-state index in [1.165, 1.54) is 38.5 Å². The molecule has 0 rings (SSSR count). The van der Waals surface area contributed by atoms with Gasteiger partial charge in [0.2, 0.25) is 5.91 Å². The smallest absolute Gasteiger partial charge is 0.472 e. The number of phosphoric acid groups is 1. The zero-order chi connectivity index (χ0) is 40.7. The summed E-state index contributed by atoms with van der Waals surface area (Å²) in [5, 5.41) is 21.8. The first kappa shape index (κ1) is 52.2. The fraction of sp³-hybridized carbons (Fsp3) is 0.698. The topological polar surface area (TPSA) is 169 Å². The lowest BCUT2D eigenvalue weighted by Crippen LogP contribution is -2.43. The van der Waals surface area contributed by atoms with Crippen LogP contribution in [0.1, 0.15) is 162 Å². The van der Waals surface area contributed by atoms with E-state index in [-0.39, 0.29) is 12.8 Å². The Morgan fingerprint density at radius 3 is 1.60 bits per heavy atom. The first-order valence-corrected chi connectivity index (χ1v) is 22.3.